The van der Waals surface area contributed by atoms with Crippen LogP contribution in [0.3, 0.4) is 0 Å². The molecule has 0 aliphatic heterocycles. The number of hydrogen-bond acceptors (Lipinski definition) is 4. The van der Waals surface area contributed by atoms with Crippen LogP contribution in [0.1, 0.15) is 15.1 Å². The van der Waals surface area contributed by atoms with E-state index in [2.05, 4.69) is 11.5 Å². The van der Waals surface area contributed by atoms with Gasteiger partial charge in [-0.25, -0.2) is 0 Å². The van der Waals surface area contributed by atoms with Crippen molar-refractivity contribution in [3.8, 4) is 0 Å². The highest BCUT2D eigenvalue weighted by atomic mass is 16.4. The second kappa shape index (κ2) is 6.97. The average molecular weight is 170 g/mol. The van der Waals surface area contributed by atoms with Gasteiger partial charge < -0.3 is 21.7 Å². The maximum atomic E-state index is 10.00. The lowest BCUT2D eigenvalue weighted by atomic mass is 10.4. The Morgan fingerprint density at radius 1 is 1.82 bits per heavy atom. The van der Waals surface area contributed by atoms with E-state index in [0.717, 1.165) is 0 Å². The van der Waals surface area contributed by atoms with E-state index in [0.29, 0.717) is 0 Å². The second-order valence-corrected chi connectivity index (χ2v) is 1.17. The number of carboxylic acid groups (broad SMARTS) is 2. The molecule has 6 nitrogen and oxygen atoms in total. The average Bonchev–Trinajstić information content (AvgIpc) is 2.00. The molecule has 66 valence electrons. The topological polar surface area (TPSA) is 127 Å². The predicted octanol–water partition coefficient (Wildman–Crippen LogP) is -1.55. The lowest BCUT2D eigenvalue weighted by molar-refractivity contribution is -0.138. The van der Waals surface area contributed by atoms with Gasteiger partial charge in [-0.1, -0.05) is 0 Å². The number of hydrogen-bond donors (Lipinski definition) is 4. The van der Waals surface area contributed by atoms with E-state index in [9.17, 15) is 9.59 Å². The second-order valence-electron chi connectivity index (χ2n) is 1.17. The van der Waals surface area contributed by atoms with Crippen LogP contribution in [0.15, 0.2) is 0 Å². The molecule has 0 spiro atoms. The van der Waals surface area contributed by atoms with Gasteiger partial charge in [-0.3, -0.25) is 9.59 Å². The van der Waals surface area contributed by atoms with Gasteiger partial charge in [0.25, 0.3) is 0 Å². The van der Waals surface area contributed by atoms with Gasteiger partial charge >= 0.3 is 11.9 Å². The molecule has 0 radical (unpaired) electrons. The zero-order chi connectivity index (χ0) is 14.7. The Hall–Kier alpha value is -1.14. The number of carboxylic acids is 2. The Balaban J connectivity index is 0. The molecule has 0 fully saturated rings. The maximum Gasteiger partial charge on any atom is 0.320 e. The fourth-order valence-electron chi connectivity index (χ4n) is 0. The molecule has 0 rings (SSSR count). The third-order valence-corrected chi connectivity index (χ3v) is 0.354. The molecular weight excluding hydrogens is 152 g/mol. The van der Waals surface area contributed by atoms with Crippen molar-refractivity contribution in [2.75, 3.05) is 6.50 Å². The highest BCUT2D eigenvalue weighted by molar-refractivity contribution is 5.72. The summed E-state index contributed by atoms with van der Waals surface area (Å²) in [6.45, 7) is -5.57. The van der Waals surface area contributed by atoms with Gasteiger partial charge in [0.1, 0.15) is 6.02 Å². The standard InChI is InChI=1S/C3H7NO2.C2H5NO2/c1-2(4)3(5)6;3-1-2(4)5/h2H,4H2,1H3,(H,5,6);1,3H2,(H,4,5)/t2-;/m0./s1/i1D3,2D;1D2. The monoisotopic (exact) mass is 170 g/mol. The van der Waals surface area contributed by atoms with Crippen LogP contribution in [0, 0.1) is 0 Å². The number of carbonyl (C=O) groups is 2. The van der Waals surface area contributed by atoms with E-state index >= 15 is 0 Å². The zero-order valence-electron chi connectivity index (χ0n) is 11.4. The van der Waals surface area contributed by atoms with Crippen molar-refractivity contribution < 1.29 is 28.0 Å². The largest absolute Gasteiger partial charge is 0.480 e. The first-order valence-corrected chi connectivity index (χ1v) is 2.18. The molecular formula is C5H12N2O4. The lowest BCUT2D eigenvalue weighted by Crippen LogP contribution is -2.25. The summed E-state index contributed by atoms with van der Waals surface area (Å²) in [5.41, 5.74) is 9.05. The molecule has 0 aromatic rings. The normalized spacial score (nSPS) is 24.2. The molecule has 0 heterocycles. The Labute approximate surface area is 72.2 Å². The molecule has 0 aromatic heterocycles. The fraction of sp³-hybridized carbons (Fsp3) is 0.600. The summed E-state index contributed by atoms with van der Waals surface area (Å²) in [7, 11) is 0. The van der Waals surface area contributed by atoms with Crippen LogP contribution in [-0.2, 0) is 9.59 Å². The van der Waals surface area contributed by atoms with Crippen LogP contribution in [-0.4, -0.2) is 34.7 Å². The first kappa shape index (κ1) is 4.03. The fourth-order valence-corrected chi connectivity index (χ4v) is 0. The Kier molecular flexibility index (Phi) is 2.55. The van der Waals surface area contributed by atoms with Gasteiger partial charge in [0.05, 0.1) is 10.6 Å². The van der Waals surface area contributed by atoms with E-state index in [1.807, 2.05) is 0 Å². The molecule has 1 atom stereocenters. The molecule has 6 heteroatoms. The third-order valence-electron chi connectivity index (χ3n) is 0.354. The van der Waals surface area contributed by atoms with Crippen LogP contribution in [0.25, 0.3) is 0 Å². The van der Waals surface area contributed by atoms with Crippen molar-refractivity contribution in [1.29, 1.82) is 0 Å². The van der Waals surface area contributed by atoms with E-state index < -0.39 is 31.3 Å². The van der Waals surface area contributed by atoms with E-state index in [-0.39, 0.29) is 0 Å². The molecule has 0 amide bonds. The summed E-state index contributed by atoms with van der Waals surface area (Å²) in [6, 6.07) is -2.90. The van der Waals surface area contributed by atoms with Crippen molar-refractivity contribution >= 4 is 11.9 Å². The molecule has 11 heavy (non-hydrogen) atoms. The van der Waals surface area contributed by atoms with Crippen molar-refractivity contribution in [3.05, 3.63) is 0 Å². The van der Waals surface area contributed by atoms with Crippen molar-refractivity contribution in [2.45, 2.75) is 12.9 Å². The summed E-state index contributed by atoms with van der Waals surface area (Å²) < 4.78 is 38.6. The summed E-state index contributed by atoms with van der Waals surface area (Å²) in [6.07, 6.45) is 0. The van der Waals surface area contributed by atoms with Gasteiger partial charge in [0.2, 0.25) is 0 Å². The van der Waals surface area contributed by atoms with Crippen molar-refractivity contribution in [2.24, 2.45) is 11.5 Å². The number of aliphatic carboxylic acids is 2. The minimum absolute atomic E-state index is 1.65. The minimum Gasteiger partial charge on any atom is -0.480 e. The molecule has 0 aliphatic rings. The quantitative estimate of drug-likeness (QED) is 0.397. The highest BCUT2D eigenvalue weighted by Crippen LogP contribution is 1.68. The lowest BCUT2D eigenvalue weighted by Gasteiger charge is -1.90. The molecule has 0 saturated carbocycles. The van der Waals surface area contributed by atoms with Gasteiger partial charge in [-0.2, -0.15) is 0 Å². The first-order valence-electron chi connectivity index (χ1n) is 5.18. The molecule has 0 aliphatic carbocycles. The van der Waals surface area contributed by atoms with Gasteiger partial charge in [0, 0.05) is 4.11 Å². The van der Waals surface area contributed by atoms with E-state index in [1.165, 1.54) is 0 Å². The Bertz CT molecular complexity index is 296. The molecule has 0 aromatic carbocycles. The summed E-state index contributed by atoms with van der Waals surface area (Å²) >= 11 is 0. The maximum absolute atomic E-state index is 10.00. The van der Waals surface area contributed by atoms with Crippen LogP contribution in [0.2, 0.25) is 0 Å². The Morgan fingerprint density at radius 3 is 2.18 bits per heavy atom. The van der Waals surface area contributed by atoms with Gasteiger partial charge in [-0.15, -0.1) is 0 Å². The van der Waals surface area contributed by atoms with Crippen molar-refractivity contribution in [3.63, 3.8) is 0 Å². The van der Waals surface area contributed by atoms with Crippen LogP contribution in [0.5, 0.6) is 0 Å². The van der Waals surface area contributed by atoms with Crippen LogP contribution < -0.4 is 11.5 Å². The summed E-state index contributed by atoms with van der Waals surface area (Å²) in [5.74, 6) is -3.50. The number of rotatable bonds is 2. The Morgan fingerprint density at radius 2 is 2.18 bits per heavy atom. The predicted molar refractivity (Wildman–Crippen MR) is 38.0 cm³/mol. The van der Waals surface area contributed by atoms with Crippen LogP contribution in [0.4, 0.5) is 0 Å². The summed E-state index contributed by atoms with van der Waals surface area (Å²) in [4.78, 5) is 19.5. The SMILES string of the molecule is [2H]C([2H])(N)C(=O)O.[2H]C([2H])([2H])[C@]([2H])(N)C(=O)O. The zero-order valence-corrected chi connectivity index (χ0v) is 5.37. The van der Waals surface area contributed by atoms with Crippen LogP contribution >= 0.6 is 0 Å². The smallest absolute Gasteiger partial charge is 0.320 e. The van der Waals surface area contributed by atoms with Crippen molar-refractivity contribution in [1.82, 2.24) is 0 Å². The van der Waals surface area contributed by atoms with Gasteiger partial charge in [-0.05, 0) is 6.85 Å². The third kappa shape index (κ3) is 17.7. The van der Waals surface area contributed by atoms with Gasteiger partial charge in [0.15, 0.2) is 0 Å². The first-order chi connectivity index (χ1) is 7.14. The molecule has 0 unspecified atom stereocenters. The molecule has 0 bridgehead atoms. The molecule has 0 saturated heterocycles. The molecule has 6 N–H and O–H groups in total. The number of nitrogens with two attached hydrogens (primary N) is 2. The highest BCUT2D eigenvalue weighted by Gasteiger charge is 1.99. The van der Waals surface area contributed by atoms with E-state index in [1.54, 1.807) is 0 Å². The van der Waals surface area contributed by atoms with E-state index in [4.69, 9.17) is 18.4 Å². The summed E-state index contributed by atoms with van der Waals surface area (Å²) in [5, 5.41) is 15.9. The minimum atomic E-state index is -2.99.